The van der Waals surface area contributed by atoms with E-state index in [4.69, 9.17) is 4.74 Å². The topological polar surface area (TPSA) is 84.6 Å². The number of nitriles is 1. The summed E-state index contributed by atoms with van der Waals surface area (Å²) < 4.78 is 63.5. The minimum atomic E-state index is -5.16. The van der Waals surface area contributed by atoms with Crippen LogP contribution in [0, 0.1) is 17.1 Å². The van der Waals surface area contributed by atoms with Gasteiger partial charge in [0.15, 0.2) is 6.23 Å². The number of aromatic nitrogens is 1. The van der Waals surface area contributed by atoms with Crippen LogP contribution in [0.3, 0.4) is 0 Å². The average molecular weight is 503 g/mol. The standard InChI is InChI=1S/C25H21F4N3O4/c1-31(2)21(36-24(34)25(27,28)29)13-35-17-8-9-18-19(11-17)22(14-4-3-5-15(26)10-14)20(12-30)32(23(18)33)16-6-7-16/h3-5,8-11,16,21H,6-7,13H2,1-2H3. The molecule has 1 aliphatic carbocycles. The largest absolute Gasteiger partial charge is 0.490 e. The lowest BCUT2D eigenvalue weighted by molar-refractivity contribution is -0.213. The van der Waals surface area contributed by atoms with Crippen LogP contribution in [0.15, 0.2) is 47.3 Å². The lowest BCUT2D eigenvalue weighted by atomic mass is 9.96. The minimum Gasteiger partial charge on any atom is -0.488 e. The third-order valence-electron chi connectivity index (χ3n) is 5.76. The third kappa shape index (κ3) is 5.04. The molecule has 36 heavy (non-hydrogen) atoms. The fourth-order valence-corrected chi connectivity index (χ4v) is 3.86. The highest BCUT2D eigenvalue weighted by Crippen LogP contribution is 2.39. The van der Waals surface area contributed by atoms with E-state index in [-0.39, 0.29) is 28.4 Å². The number of nitrogens with zero attached hydrogens (tertiary/aromatic N) is 3. The first-order chi connectivity index (χ1) is 17.0. The van der Waals surface area contributed by atoms with Crippen molar-refractivity contribution in [2.24, 2.45) is 0 Å². The first kappa shape index (κ1) is 25.2. The van der Waals surface area contributed by atoms with Crippen molar-refractivity contribution in [1.29, 1.82) is 5.26 Å². The molecule has 2 aromatic carbocycles. The van der Waals surface area contributed by atoms with Crippen LogP contribution in [0.2, 0.25) is 0 Å². The zero-order chi connectivity index (χ0) is 26.2. The van der Waals surface area contributed by atoms with E-state index in [1.54, 1.807) is 6.07 Å². The number of pyridine rings is 1. The van der Waals surface area contributed by atoms with Gasteiger partial charge in [0.05, 0.1) is 0 Å². The quantitative estimate of drug-likeness (QED) is 0.270. The second-order valence-corrected chi connectivity index (χ2v) is 8.59. The maximum absolute atomic E-state index is 14.1. The Bertz CT molecular complexity index is 1420. The molecule has 1 heterocycles. The Hall–Kier alpha value is -3.91. The van der Waals surface area contributed by atoms with E-state index in [1.165, 1.54) is 60.0 Å². The molecule has 188 valence electrons. The molecule has 0 aliphatic heterocycles. The van der Waals surface area contributed by atoms with Gasteiger partial charge in [-0.1, -0.05) is 12.1 Å². The van der Waals surface area contributed by atoms with Gasteiger partial charge in [-0.25, -0.2) is 9.18 Å². The van der Waals surface area contributed by atoms with Gasteiger partial charge in [-0.05, 0) is 62.8 Å². The zero-order valence-corrected chi connectivity index (χ0v) is 19.3. The first-order valence-electron chi connectivity index (χ1n) is 11.0. The van der Waals surface area contributed by atoms with Crippen LogP contribution < -0.4 is 10.3 Å². The van der Waals surface area contributed by atoms with Crippen molar-refractivity contribution in [2.45, 2.75) is 31.3 Å². The van der Waals surface area contributed by atoms with Crippen LogP contribution in [-0.4, -0.2) is 48.5 Å². The number of likely N-dealkylation sites (N-methyl/N-ethyl adjacent to an activating group) is 1. The van der Waals surface area contributed by atoms with Crippen molar-refractivity contribution in [1.82, 2.24) is 9.47 Å². The zero-order valence-electron chi connectivity index (χ0n) is 19.3. The van der Waals surface area contributed by atoms with E-state index < -0.39 is 30.8 Å². The SMILES string of the molecule is CN(C)C(COc1ccc2c(=O)n(C3CC3)c(C#N)c(-c3cccc(F)c3)c2c1)OC(=O)C(F)(F)F. The summed E-state index contributed by atoms with van der Waals surface area (Å²) in [6.45, 7) is -0.445. The number of esters is 1. The highest BCUT2D eigenvalue weighted by atomic mass is 19.4. The molecular weight excluding hydrogens is 482 g/mol. The molecule has 0 radical (unpaired) electrons. The van der Waals surface area contributed by atoms with Gasteiger partial charge in [0.25, 0.3) is 5.56 Å². The molecule has 0 saturated heterocycles. The molecule has 4 rings (SSSR count). The van der Waals surface area contributed by atoms with Crippen molar-refractivity contribution in [3.8, 4) is 22.9 Å². The number of hydrogen-bond acceptors (Lipinski definition) is 6. The predicted molar refractivity (Wildman–Crippen MR) is 122 cm³/mol. The van der Waals surface area contributed by atoms with Crippen LogP contribution in [0.5, 0.6) is 5.75 Å². The number of ether oxygens (including phenoxy) is 2. The first-order valence-corrected chi connectivity index (χ1v) is 11.0. The molecule has 1 atom stereocenters. The monoisotopic (exact) mass is 503 g/mol. The summed E-state index contributed by atoms with van der Waals surface area (Å²) in [5, 5.41) is 10.6. The molecular formula is C25H21F4N3O4. The average Bonchev–Trinajstić information content (AvgIpc) is 3.65. The fourth-order valence-electron chi connectivity index (χ4n) is 3.86. The Balaban J connectivity index is 1.78. The number of rotatable bonds is 7. The Morgan fingerprint density at radius 1 is 1.19 bits per heavy atom. The normalized spacial score (nSPS) is 14.5. The van der Waals surface area contributed by atoms with Crippen LogP contribution >= 0.6 is 0 Å². The summed E-state index contributed by atoms with van der Waals surface area (Å²) in [5.74, 6) is -2.72. The number of carbonyl (C=O) groups is 1. The molecule has 1 saturated carbocycles. The van der Waals surface area contributed by atoms with Crippen LogP contribution in [0.4, 0.5) is 17.6 Å². The summed E-state index contributed by atoms with van der Waals surface area (Å²) >= 11 is 0. The van der Waals surface area contributed by atoms with Gasteiger partial charge in [-0.3, -0.25) is 14.3 Å². The molecule has 0 bridgehead atoms. The molecule has 1 aromatic heterocycles. The van der Waals surface area contributed by atoms with Crippen molar-refractivity contribution in [3.05, 3.63) is 64.3 Å². The number of carbonyl (C=O) groups excluding carboxylic acids is 1. The van der Waals surface area contributed by atoms with E-state index >= 15 is 0 Å². The summed E-state index contributed by atoms with van der Waals surface area (Å²) in [7, 11) is 2.83. The molecule has 1 aliphatic rings. The van der Waals surface area contributed by atoms with E-state index in [1.807, 2.05) is 0 Å². The van der Waals surface area contributed by atoms with E-state index in [2.05, 4.69) is 10.8 Å². The molecule has 1 fully saturated rings. The second-order valence-electron chi connectivity index (χ2n) is 8.59. The number of alkyl halides is 3. The van der Waals surface area contributed by atoms with Gasteiger partial charge >= 0.3 is 12.1 Å². The van der Waals surface area contributed by atoms with Gasteiger partial charge in [0.2, 0.25) is 0 Å². The molecule has 0 N–H and O–H groups in total. The van der Waals surface area contributed by atoms with Gasteiger partial charge < -0.3 is 9.47 Å². The smallest absolute Gasteiger partial charge is 0.488 e. The molecule has 0 spiro atoms. The number of benzene rings is 2. The van der Waals surface area contributed by atoms with Crippen LogP contribution in [0.1, 0.15) is 24.6 Å². The molecule has 0 amide bonds. The summed E-state index contributed by atoms with van der Waals surface area (Å²) in [5.41, 5.74) is 0.439. The van der Waals surface area contributed by atoms with Gasteiger partial charge in [0, 0.05) is 22.4 Å². The van der Waals surface area contributed by atoms with Gasteiger partial charge in [-0.15, -0.1) is 0 Å². The van der Waals surface area contributed by atoms with Crippen molar-refractivity contribution < 1.29 is 31.8 Å². The fraction of sp³-hybridized carbons (Fsp3) is 0.320. The van der Waals surface area contributed by atoms with Gasteiger partial charge in [0.1, 0.15) is 29.9 Å². The molecule has 7 nitrogen and oxygen atoms in total. The number of fused-ring (bicyclic) bond motifs is 1. The van der Waals surface area contributed by atoms with Gasteiger partial charge in [-0.2, -0.15) is 18.4 Å². The Kier molecular flexibility index (Phi) is 6.73. The summed E-state index contributed by atoms with van der Waals surface area (Å²) in [6, 6.07) is 12.0. The summed E-state index contributed by atoms with van der Waals surface area (Å²) in [6.07, 6.45) is -5.03. The molecule has 3 aromatic rings. The highest BCUT2D eigenvalue weighted by Gasteiger charge is 2.42. The Morgan fingerprint density at radius 2 is 1.92 bits per heavy atom. The molecule has 11 heteroatoms. The van der Waals surface area contributed by atoms with E-state index in [0.29, 0.717) is 16.5 Å². The second kappa shape index (κ2) is 9.62. The van der Waals surface area contributed by atoms with E-state index in [9.17, 15) is 32.4 Å². The van der Waals surface area contributed by atoms with Crippen molar-refractivity contribution in [2.75, 3.05) is 20.7 Å². The highest BCUT2D eigenvalue weighted by molar-refractivity contribution is 5.99. The number of halogens is 4. The maximum atomic E-state index is 14.1. The minimum absolute atomic E-state index is 0.0861. The van der Waals surface area contributed by atoms with Crippen LogP contribution in [0.25, 0.3) is 21.9 Å². The van der Waals surface area contributed by atoms with Crippen LogP contribution in [-0.2, 0) is 9.53 Å². The predicted octanol–water partition coefficient (Wildman–Crippen LogP) is 4.39. The van der Waals surface area contributed by atoms with Crippen molar-refractivity contribution >= 4 is 16.7 Å². The third-order valence-corrected chi connectivity index (χ3v) is 5.76. The molecule has 1 unspecified atom stereocenters. The maximum Gasteiger partial charge on any atom is 0.490 e. The Labute approximate surface area is 203 Å². The lowest BCUT2D eigenvalue weighted by Gasteiger charge is -2.24. The van der Waals surface area contributed by atoms with Crippen molar-refractivity contribution in [3.63, 3.8) is 0 Å². The Morgan fingerprint density at radius 3 is 2.50 bits per heavy atom. The lowest BCUT2D eigenvalue weighted by Crippen LogP contribution is -2.41. The number of hydrogen-bond donors (Lipinski definition) is 0. The van der Waals surface area contributed by atoms with E-state index in [0.717, 1.165) is 12.8 Å². The summed E-state index contributed by atoms with van der Waals surface area (Å²) in [4.78, 5) is 25.8.